The van der Waals surface area contributed by atoms with E-state index < -0.39 is 0 Å². The van der Waals surface area contributed by atoms with Gasteiger partial charge in [-0.3, -0.25) is 10.2 Å². The molecule has 9 nitrogen and oxygen atoms in total. The lowest BCUT2D eigenvalue weighted by molar-refractivity contribution is -0.140. The predicted molar refractivity (Wildman–Crippen MR) is 159 cm³/mol. The number of aryl methyl sites for hydroxylation is 1. The van der Waals surface area contributed by atoms with Crippen LogP contribution in [0.25, 0.3) is 22.2 Å². The highest BCUT2D eigenvalue weighted by Crippen LogP contribution is 2.33. The van der Waals surface area contributed by atoms with Gasteiger partial charge >= 0.3 is 0 Å². The van der Waals surface area contributed by atoms with E-state index in [1.165, 1.54) is 18.2 Å². The van der Waals surface area contributed by atoms with E-state index in [-0.39, 0.29) is 23.5 Å². The summed E-state index contributed by atoms with van der Waals surface area (Å²) in [6, 6.07) is 11.3. The molecule has 216 valence electrons. The van der Waals surface area contributed by atoms with Crippen LogP contribution in [-0.4, -0.2) is 66.4 Å². The van der Waals surface area contributed by atoms with E-state index in [4.69, 9.17) is 4.74 Å². The van der Waals surface area contributed by atoms with Gasteiger partial charge in [0, 0.05) is 65.9 Å². The zero-order valence-corrected chi connectivity index (χ0v) is 23.8. The first-order valence-corrected chi connectivity index (χ1v) is 14.6. The van der Waals surface area contributed by atoms with Gasteiger partial charge in [0.1, 0.15) is 28.3 Å². The van der Waals surface area contributed by atoms with Crippen molar-refractivity contribution in [2.45, 2.75) is 19.8 Å². The number of nitriles is 1. The minimum absolute atomic E-state index is 0.0506. The van der Waals surface area contributed by atoms with E-state index in [0.717, 1.165) is 28.0 Å². The summed E-state index contributed by atoms with van der Waals surface area (Å²) in [5, 5.41) is 15.1. The molecule has 2 saturated heterocycles. The van der Waals surface area contributed by atoms with E-state index in [0.29, 0.717) is 84.7 Å². The number of hydrogen-bond acceptors (Lipinski definition) is 8. The fourth-order valence-corrected chi connectivity index (χ4v) is 6.31. The Balaban J connectivity index is 1.18. The Kier molecular flexibility index (Phi) is 7.86. The average Bonchev–Trinajstić information content (AvgIpc) is 3.57. The van der Waals surface area contributed by atoms with Crippen LogP contribution in [0.4, 0.5) is 19.6 Å². The summed E-state index contributed by atoms with van der Waals surface area (Å²) in [4.78, 5) is 24.9. The summed E-state index contributed by atoms with van der Waals surface area (Å²) in [7, 11) is 0. The van der Waals surface area contributed by atoms with Crippen LogP contribution in [0.2, 0.25) is 0 Å². The van der Waals surface area contributed by atoms with Crippen molar-refractivity contribution in [3.05, 3.63) is 64.2 Å². The monoisotopic (exact) mass is 589 g/mol. The highest BCUT2D eigenvalue weighted by Gasteiger charge is 2.30. The third-order valence-electron chi connectivity index (χ3n) is 7.81. The molecule has 2 aromatic heterocycles. The number of H-pyrrole nitrogens is 1. The number of benzene rings is 2. The van der Waals surface area contributed by atoms with E-state index in [2.05, 4.69) is 26.6 Å². The Morgan fingerprint density at radius 1 is 1.19 bits per heavy atom. The Hall–Kier alpha value is -4.34. The average molecular weight is 590 g/mol. The maximum atomic E-state index is 15.2. The van der Waals surface area contributed by atoms with Gasteiger partial charge in [-0.25, -0.2) is 13.8 Å². The molecule has 0 unspecified atom stereocenters. The second-order valence-electron chi connectivity index (χ2n) is 10.4. The number of piperidine rings is 1. The summed E-state index contributed by atoms with van der Waals surface area (Å²) in [5.41, 5.74) is 6.77. The Bertz CT molecular complexity index is 1680. The first kappa shape index (κ1) is 27.8. The normalized spacial score (nSPS) is 16.3. The van der Waals surface area contributed by atoms with Gasteiger partial charge < -0.3 is 19.5 Å². The van der Waals surface area contributed by atoms with Crippen molar-refractivity contribution >= 4 is 45.2 Å². The molecule has 0 aliphatic carbocycles. The number of amides is 1. The van der Waals surface area contributed by atoms with Gasteiger partial charge in [-0.15, -0.1) is 0 Å². The number of thiazole rings is 1. The highest BCUT2D eigenvalue weighted by molar-refractivity contribution is 7.16. The largest absolute Gasteiger partial charge is 0.378 e. The zero-order valence-electron chi connectivity index (χ0n) is 23.0. The van der Waals surface area contributed by atoms with Gasteiger partial charge in [0.25, 0.3) is 0 Å². The number of morpholine rings is 1. The lowest BCUT2D eigenvalue weighted by atomic mass is 9.94. The number of rotatable bonds is 6. The van der Waals surface area contributed by atoms with Crippen molar-refractivity contribution in [2.24, 2.45) is 11.0 Å². The summed E-state index contributed by atoms with van der Waals surface area (Å²) < 4.78 is 34.0. The summed E-state index contributed by atoms with van der Waals surface area (Å²) in [6.07, 6.45) is 3.00. The van der Waals surface area contributed by atoms with E-state index in [1.807, 2.05) is 22.8 Å². The van der Waals surface area contributed by atoms with E-state index >= 15 is 4.39 Å². The van der Waals surface area contributed by atoms with Crippen LogP contribution in [0.15, 0.2) is 41.5 Å². The number of aromatic nitrogens is 2. The van der Waals surface area contributed by atoms with Crippen LogP contribution in [-0.2, 0) is 9.53 Å². The third-order valence-corrected chi connectivity index (χ3v) is 8.68. The molecular formula is C30H29F2N7O2S. The van der Waals surface area contributed by atoms with Crippen molar-refractivity contribution < 1.29 is 18.3 Å². The Labute approximate surface area is 245 Å². The number of ether oxygens (including phenoxy) is 1. The summed E-state index contributed by atoms with van der Waals surface area (Å²) >= 11 is 1.15. The van der Waals surface area contributed by atoms with Crippen molar-refractivity contribution in [3.63, 3.8) is 0 Å². The van der Waals surface area contributed by atoms with Gasteiger partial charge in [0.2, 0.25) is 11.0 Å². The second kappa shape index (κ2) is 11.9. The van der Waals surface area contributed by atoms with E-state index in [9.17, 15) is 14.4 Å². The highest BCUT2D eigenvalue weighted by atomic mass is 32.1. The Morgan fingerprint density at radius 3 is 2.64 bits per heavy atom. The number of nitrogens with one attached hydrogen (secondary N) is 2. The number of nitrogens with zero attached hydrogens (tertiary/aromatic N) is 5. The fourth-order valence-electron chi connectivity index (χ4n) is 5.58. The quantitative estimate of drug-likeness (QED) is 0.234. The molecule has 0 spiro atoms. The van der Waals surface area contributed by atoms with Gasteiger partial charge in [-0.05, 0) is 50.1 Å². The molecule has 2 fully saturated rings. The van der Waals surface area contributed by atoms with Crippen LogP contribution in [0.1, 0.15) is 29.0 Å². The number of fused-ring (bicyclic) bond motifs is 1. The molecule has 2 aliphatic rings. The van der Waals surface area contributed by atoms with Crippen molar-refractivity contribution in [3.8, 4) is 17.3 Å². The molecule has 2 N–H and O–H groups in total. The van der Waals surface area contributed by atoms with Crippen LogP contribution < -0.4 is 10.3 Å². The first-order valence-electron chi connectivity index (χ1n) is 13.8. The zero-order chi connectivity index (χ0) is 29.2. The number of hydrogen-bond donors (Lipinski definition) is 2. The third kappa shape index (κ3) is 5.57. The van der Waals surface area contributed by atoms with Crippen LogP contribution in [0.3, 0.4) is 0 Å². The molecule has 4 heterocycles. The maximum Gasteiger partial charge on any atom is 0.225 e. The molecule has 42 heavy (non-hydrogen) atoms. The van der Waals surface area contributed by atoms with Crippen molar-refractivity contribution in [2.75, 3.05) is 49.7 Å². The number of carbonyl (C=O) groups is 1. The van der Waals surface area contributed by atoms with Gasteiger partial charge in [-0.1, -0.05) is 11.3 Å². The SMILES string of the molecule is Cc1[nH]c2cc(F)c(N3CCC(C(=O)N4CCOCC4)CC3)cc2c1/C=N/Nc1nc(-c2ccc(F)cc2)c(C#N)s1. The van der Waals surface area contributed by atoms with Crippen LogP contribution in [0, 0.1) is 35.8 Å². The molecule has 0 radical (unpaired) electrons. The molecule has 0 saturated carbocycles. The summed E-state index contributed by atoms with van der Waals surface area (Å²) in [6.45, 7) is 5.51. The predicted octanol–water partition coefficient (Wildman–Crippen LogP) is 5.27. The second-order valence-corrected chi connectivity index (χ2v) is 11.4. The number of halogens is 2. The smallest absolute Gasteiger partial charge is 0.225 e. The summed E-state index contributed by atoms with van der Waals surface area (Å²) in [5.74, 6) is -0.558. The minimum Gasteiger partial charge on any atom is -0.378 e. The van der Waals surface area contributed by atoms with Gasteiger partial charge in [0.05, 0.1) is 25.1 Å². The van der Waals surface area contributed by atoms with Gasteiger partial charge in [-0.2, -0.15) is 10.4 Å². The standard InChI is InChI=1S/C30H29F2N7O2S/c1-18-23(17-34-37-30-36-28(27(16-33)42-30)19-2-4-21(31)5-3-19)22-14-26(24(32)15-25(22)35-18)38-8-6-20(7-9-38)29(40)39-10-12-41-13-11-39/h2-5,14-15,17,20,35H,6-13H2,1H3,(H,36,37)/b34-17+. The molecule has 6 rings (SSSR count). The lowest BCUT2D eigenvalue weighted by Crippen LogP contribution is -2.46. The molecule has 4 aromatic rings. The van der Waals surface area contributed by atoms with Crippen molar-refractivity contribution in [1.82, 2.24) is 14.9 Å². The molecule has 1 amide bonds. The van der Waals surface area contributed by atoms with Gasteiger partial charge in [0.15, 0.2) is 0 Å². The number of anilines is 2. The molecule has 0 bridgehead atoms. The molecule has 0 atom stereocenters. The molecule has 2 aliphatic heterocycles. The topological polar surface area (TPSA) is 110 Å². The number of carbonyl (C=O) groups excluding carboxylic acids is 1. The molecule has 12 heteroatoms. The molecule has 2 aromatic carbocycles. The van der Waals surface area contributed by atoms with E-state index in [1.54, 1.807) is 18.3 Å². The number of hydrazone groups is 1. The fraction of sp³-hybridized carbons (Fsp3) is 0.333. The lowest BCUT2D eigenvalue weighted by Gasteiger charge is -2.36. The Morgan fingerprint density at radius 2 is 1.93 bits per heavy atom. The first-order chi connectivity index (χ1) is 20.4. The number of aromatic amines is 1. The van der Waals surface area contributed by atoms with Crippen LogP contribution in [0.5, 0.6) is 0 Å². The van der Waals surface area contributed by atoms with Crippen molar-refractivity contribution in [1.29, 1.82) is 5.26 Å². The molecular weight excluding hydrogens is 560 g/mol. The minimum atomic E-state index is -0.365. The van der Waals surface area contributed by atoms with Crippen LogP contribution >= 0.6 is 11.3 Å². The maximum absolute atomic E-state index is 15.2.